The van der Waals surface area contributed by atoms with Crippen LogP contribution < -0.4 is 16.8 Å². The number of hydrogen-bond donors (Lipinski definition) is 4. The van der Waals surface area contributed by atoms with Gasteiger partial charge in [0, 0.05) is 11.6 Å². The summed E-state index contributed by atoms with van der Waals surface area (Å²) in [6.07, 6.45) is -0.254. The summed E-state index contributed by atoms with van der Waals surface area (Å²) >= 11 is 0. The molecular formula is C22H21N3O5S. The van der Waals surface area contributed by atoms with E-state index in [4.69, 9.17) is 11.5 Å². The van der Waals surface area contributed by atoms with Crippen LogP contribution in [0.4, 0.5) is 16.2 Å². The van der Waals surface area contributed by atoms with E-state index < -0.39 is 27.8 Å². The normalized spacial score (nSPS) is 12.1. The summed E-state index contributed by atoms with van der Waals surface area (Å²) in [6, 6.07) is 18.2. The van der Waals surface area contributed by atoms with Crippen LogP contribution in [0.1, 0.15) is 23.5 Å². The smallest absolute Gasteiger partial charge is 0.316 e. The lowest BCUT2D eigenvalue weighted by Crippen LogP contribution is -2.19. The Bertz CT molecular complexity index is 1230. The van der Waals surface area contributed by atoms with Crippen LogP contribution in [0.25, 0.3) is 0 Å². The van der Waals surface area contributed by atoms with E-state index in [0.717, 1.165) is 0 Å². The molecule has 3 aromatic rings. The van der Waals surface area contributed by atoms with Crippen LogP contribution in [-0.2, 0) is 14.6 Å². The molecule has 6 N–H and O–H groups in total. The molecule has 0 radical (unpaired) electrons. The summed E-state index contributed by atoms with van der Waals surface area (Å²) in [4.78, 5) is 22.4. The van der Waals surface area contributed by atoms with Crippen LogP contribution in [0.2, 0.25) is 0 Å². The number of nitrogens with two attached hydrogens (primary N) is 2. The Balaban J connectivity index is 2.11. The van der Waals surface area contributed by atoms with Gasteiger partial charge in [-0.3, -0.25) is 4.79 Å². The highest BCUT2D eigenvalue weighted by atomic mass is 32.2. The Morgan fingerprint density at radius 2 is 1.65 bits per heavy atom. The molecule has 1 unspecified atom stereocenters. The number of carboxylic acids is 1. The summed E-state index contributed by atoms with van der Waals surface area (Å²) in [5.41, 5.74) is 12.7. The second-order valence-corrected chi connectivity index (χ2v) is 8.76. The third kappa shape index (κ3) is 4.84. The number of sulfone groups is 1. The number of primary amides is 1. The second kappa shape index (κ2) is 8.88. The number of aliphatic carboxylic acids is 1. The minimum absolute atomic E-state index is 0.0223. The molecule has 0 aliphatic rings. The molecule has 8 nitrogen and oxygen atoms in total. The molecule has 0 bridgehead atoms. The van der Waals surface area contributed by atoms with Gasteiger partial charge >= 0.3 is 12.0 Å². The number of carbonyl (C=O) groups is 2. The van der Waals surface area contributed by atoms with Crippen molar-refractivity contribution in [1.82, 2.24) is 0 Å². The lowest BCUT2D eigenvalue weighted by Gasteiger charge is -2.20. The summed E-state index contributed by atoms with van der Waals surface area (Å²) in [5.74, 6) is -1.66. The minimum atomic E-state index is -4.06. The van der Waals surface area contributed by atoms with E-state index in [1.54, 1.807) is 36.4 Å². The number of anilines is 2. The Labute approximate surface area is 179 Å². The van der Waals surface area contributed by atoms with Crippen LogP contribution >= 0.6 is 0 Å². The number of para-hydroxylation sites is 1. The van der Waals surface area contributed by atoms with Crippen molar-refractivity contribution >= 4 is 33.2 Å². The number of nitrogens with one attached hydrogen (secondary N) is 1. The van der Waals surface area contributed by atoms with E-state index in [2.05, 4.69) is 5.32 Å². The maximum absolute atomic E-state index is 13.3. The lowest BCUT2D eigenvalue weighted by molar-refractivity contribution is -0.137. The monoisotopic (exact) mass is 439 g/mol. The van der Waals surface area contributed by atoms with Gasteiger partial charge in [0.1, 0.15) is 0 Å². The average molecular weight is 439 g/mol. The number of nitrogen functional groups attached to an aromatic ring is 1. The molecule has 2 amide bonds. The molecule has 0 heterocycles. The van der Waals surface area contributed by atoms with Crippen LogP contribution in [0.5, 0.6) is 0 Å². The van der Waals surface area contributed by atoms with E-state index in [9.17, 15) is 23.1 Å². The van der Waals surface area contributed by atoms with Crippen molar-refractivity contribution in [3.05, 3.63) is 83.9 Å². The molecule has 0 saturated carbocycles. The van der Waals surface area contributed by atoms with Gasteiger partial charge in [-0.2, -0.15) is 0 Å². The zero-order chi connectivity index (χ0) is 22.6. The van der Waals surface area contributed by atoms with Crippen molar-refractivity contribution in [1.29, 1.82) is 0 Å². The molecule has 9 heteroatoms. The van der Waals surface area contributed by atoms with Crippen molar-refractivity contribution < 1.29 is 23.1 Å². The third-order valence-electron chi connectivity index (χ3n) is 4.76. The molecule has 31 heavy (non-hydrogen) atoms. The zero-order valence-electron chi connectivity index (χ0n) is 16.4. The zero-order valence-corrected chi connectivity index (χ0v) is 17.2. The number of benzene rings is 3. The first-order chi connectivity index (χ1) is 14.7. The van der Waals surface area contributed by atoms with Crippen molar-refractivity contribution in [2.45, 2.75) is 22.1 Å². The van der Waals surface area contributed by atoms with Crippen molar-refractivity contribution in [2.75, 3.05) is 11.1 Å². The number of carbonyl (C=O) groups excluding carboxylic acids is 1. The number of hydrogen-bond acceptors (Lipinski definition) is 5. The largest absolute Gasteiger partial charge is 0.481 e. The van der Waals surface area contributed by atoms with Crippen LogP contribution in [0.3, 0.4) is 0 Å². The first-order valence-corrected chi connectivity index (χ1v) is 10.7. The molecule has 0 spiro atoms. The quantitative estimate of drug-likeness (QED) is 0.415. The molecule has 0 aromatic heterocycles. The number of amides is 2. The summed E-state index contributed by atoms with van der Waals surface area (Å²) < 4.78 is 26.6. The Hall–Kier alpha value is -3.85. The molecule has 0 saturated heterocycles. The Kier molecular flexibility index (Phi) is 6.26. The van der Waals surface area contributed by atoms with Crippen LogP contribution in [-0.4, -0.2) is 25.5 Å². The third-order valence-corrected chi connectivity index (χ3v) is 6.57. The second-order valence-electron chi connectivity index (χ2n) is 6.84. The van der Waals surface area contributed by atoms with Gasteiger partial charge in [-0.05, 0) is 35.4 Å². The highest BCUT2D eigenvalue weighted by Crippen LogP contribution is 2.37. The highest BCUT2D eigenvalue weighted by Gasteiger charge is 2.26. The van der Waals surface area contributed by atoms with E-state index in [1.165, 1.54) is 36.4 Å². The molecule has 0 aliphatic carbocycles. The van der Waals surface area contributed by atoms with E-state index in [-0.39, 0.29) is 27.6 Å². The van der Waals surface area contributed by atoms with Gasteiger partial charge in [0.25, 0.3) is 0 Å². The Morgan fingerprint density at radius 1 is 0.968 bits per heavy atom. The molecule has 1 atom stereocenters. The first-order valence-electron chi connectivity index (χ1n) is 9.27. The first kappa shape index (κ1) is 21.8. The van der Waals surface area contributed by atoms with E-state index in [1.807, 2.05) is 0 Å². The van der Waals surface area contributed by atoms with Crippen molar-refractivity contribution in [3.63, 3.8) is 0 Å². The average Bonchev–Trinajstić information content (AvgIpc) is 2.72. The van der Waals surface area contributed by atoms with Crippen molar-refractivity contribution in [2.24, 2.45) is 5.73 Å². The minimum Gasteiger partial charge on any atom is -0.481 e. The van der Waals surface area contributed by atoms with E-state index in [0.29, 0.717) is 11.1 Å². The van der Waals surface area contributed by atoms with E-state index >= 15 is 0 Å². The number of carboxylic acid groups (broad SMARTS) is 1. The molecular weight excluding hydrogens is 418 g/mol. The lowest BCUT2D eigenvalue weighted by atomic mass is 9.87. The molecule has 0 aliphatic heterocycles. The fourth-order valence-corrected chi connectivity index (χ4v) is 4.84. The van der Waals surface area contributed by atoms with Crippen molar-refractivity contribution in [3.8, 4) is 0 Å². The highest BCUT2D eigenvalue weighted by molar-refractivity contribution is 7.91. The summed E-state index contributed by atoms with van der Waals surface area (Å²) in [5, 5.41) is 11.7. The molecule has 3 aromatic carbocycles. The molecule has 3 rings (SSSR count). The van der Waals surface area contributed by atoms with Crippen LogP contribution in [0.15, 0.2) is 82.6 Å². The fourth-order valence-electron chi connectivity index (χ4n) is 3.38. The SMILES string of the molecule is NC(=O)Nc1cccc(S(=O)(=O)c2cccc(C(CC(=O)O)c3ccccc3)c2N)c1. The fraction of sp³-hybridized carbons (Fsp3) is 0.0909. The topological polar surface area (TPSA) is 153 Å². The van der Waals surface area contributed by atoms with Gasteiger partial charge in [-0.25, -0.2) is 13.2 Å². The summed E-state index contributed by atoms with van der Waals surface area (Å²) in [6.45, 7) is 0. The van der Waals surface area contributed by atoms with Gasteiger partial charge in [-0.1, -0.05) is 48.5 Å². The van der Waals surface area contributed by atoms with Gasteiger partial charge in [-0.15, -0.1) is 0 Å². The molecule has 0 fully saturated rings. The standard InChI is InChI=1S/C22H21N3O5S/c23-21-17(18(13-20(26)27)14-6-2-1-3-7-14)10-5-11-19(21)31(29,30)16-9-4-8-15(12-16)25-22(24)28/h1-12,18H,13,23H2,(H,26,27)(H3,24,25,28). The predicted octanol–water partition coefficient (Wildman–Crippen LogP) is 3.20. The van der Waals surface area contributed by atoms with Crippen LogP contribution in [0, 0.1) is 0 Å². The molecule has 160 valence electrons. The van der Waals surface area contributed by atoms with Gasteiger partial charge in [0.15, 0.2) is 0 Å². The predicted molar refractivity (Wildman–Crippen MR) is 116 cm³/mol. The van der Waals surface area contributed by atoms with Gasteiger partial charge in [0.05, 0.1) is 21.9 Å². The maximum Gasteiger partial charge on any atom is 0.316 e. The maximum atomic E-state index is 13.3. The summed E-state index contributed by atoms with van der Waals surface area (Å²) in [7, 11) is -4.06. The number of rotatable bonds is 7. The van der Waals surface area contributed by atoms with Gasteiger partial charge < -0.3 is 21.9 Å². The number of urea groups is 1. The Morgan fingerprint density at radius 3 is 2.29 bits per heavy atom. The van der Waals surface area contributed by atoms with Gasteiger partial charge in [0.2, 0.25) is 9.84 Å².